The van der Waals surface area contributed by atoms with Crippen LogP contribution in [-0.4, -0.2) is 9.97 Å². The molecular formula is C25H20N2O3. The lowest BCUT2D eigenvalue weighted by Gasteiger charge is -2.25. The number of rotatable bonds is 0. The molecule has 0 saturated carbocycles. The van der Waals surface area contributed by atoms with Crippen LogP contribution in [0.25, 0.3) is 0 Å². The van der Waals surface area contributed by atoms with E-state index in [9.17, 15) is 0 Å². The molecule has 0 fully saturated rings. The van der Waals surface area contributed by atoms with Gasteiger partial charge in [0.25, 0.3) is 0 Å². The van der Waals surface area contributed by atoms with E-state index in [4.69, 9.17) is 19.2 Å². The van der Waals surface area contributed by atoms with Gasteiger partial charge in [-0.15, -0.1) is 0 Å². The van der Waals surface area contributed by atoms with E-state index in [1.165, 1.54) is 0 Å². The summed E-state index contributed by atoms with van der Waals surface area (Å²) in [6, 6.07) is 26.6. The van der Waals surface area contributed by atoms with E-state index in [-0.39, 0.29) is 5.41 Å². The molecule has 1 aliphatic rings. The minimum atomic E-state index is -0.351. The predicted molar refractivity (Wildman–Crippen MR) is 114 cm³/mol. The Balaban J connectivity index is 1.66. The Labute approximate surface area is 174 Å². The van der Waals surface area contributed by atoms with Crippen LogP contribution in [0, 0.1) is 0 Å². The molecule has 8 bridgehead atoms. The first-order chi connectivity index (χ1) is 14.6. The topological polar surface area (TPSA) is 53.5 Å². The Morgan fingerprint density at radius 2 is 1.07 bits per heavy atom. The SMILES string of the molecule is CC1(C)c2cccc(c2)Oc2cccc(n2)Oc2cccc(c2)Oc2cccc1n2. The number of hydrogen-bond acceptors (Lipinski definition) is 5. The average Bonchev–Trinajstić information content (AvgIpc) is 2.74. The minimum absolute atomic E-state index is 0.351. The molecule has 2 aromatic heterocycles. The Morgan fingerprint density at radius 3 is 1.73 bits per heavy atom. The third kappa shape index (κ3) is 3.57. The lowest BCUT2D eigenvalue weighted by molar-refractivity contribution is 0.418. The number of aromatic nitrogens is 2. The summed E-state index contributed by atoms with van der Waals surface area (Å²) in [5.74, 6) is 3.37. The fourth-order valence-corrected chi connectivity index (χ4v) is 3.39. The summed E-state index contributed by atoms with van der Waals surface area (Å²) in [6.45, 7) is 4.27. The number of pyridine rings is 2. The highest BCUT2D eigenvalue weighted by Gasteiger charge is 2.26. The Kier molecular flexibility index (Phi) is 4.36. The van der Waals surface area contributed by atoms with Crippen molar-refractivity contribution in [3.63, 3.8) is 0 Å². The van der Waals surface area contributed by atoms with Gasteiger partial charge >= 0.3 is 0 Å². The van der Waals surface area contributed by atoms with Crippen LogP contribution in [0.3, 0.4) is 0 Å². The largest absolute Gasteiger partial charge is 0.439 e. The van der Waals surface area contributed by atoms with E-state index in [2.05, 4.69) is 24.9 Å². The van der Waals surface area contributed by atoms with Crippen LogP contribution in [0.4, 0.5) is 0 Å². The molecule has 4 aromatic rings. The molecule has 148 valence electrons. The molecule has 2 aromatic carbocycles. The molecular weight excluding hydrogens is 376 g/mol. The summed E-state index contributed by atoms with van der Waals surface area (Å²) >= 11 is 0. The summed E-state index contributed by atoms with van der Waals surface area (Å²) in [5, 5.41) is 0. The van der Waals surface area contributed by atoms with Crippen LogP contribution in [0.15, 0.2) is 84.9 Å². The van der Waals surface area contributed by atoms with Crippen molar-refractivity contribution in [2.24, 2.45) is 0 Å². The maximum atomic E-state index is 6.03. The minimum Gasteiger partial charge on any atom is -0.439 e. The molecule has 5 nitrogen and oxygen atoms in total. The van der Waals surface area contributed by atoms with Crippen molar-refractivity contribution in [1.29, 1.82) is 0 Å². The second kappa shape index (κ2) is 7.19. The summed E-state index contributed by atoms with van der Waals surface area (Å²) < 4.78 is 18.0. The molecule has 0 N–H and O–H groups in total. The summed E-state index contributed by atoms with van der Waals surface area (Å²) in [4.78, 5) is 9.24. The van der Waals surface area contributed by atoms with Gasteiger partial charge in [-0.2, -0.15) is 4.98 Å². The van der Waals surface area contributed by atoms with Crippen molar-refractivity contribution >= 4 is 0 Å². The maximum Gasteiger partial charge on any atom is 0.222 e. The van der Waals surface area contributed by atoms with Gasteiger partial charge in [0, 0.05) is 29.7 Å². The number of fused-ring (bicyclic) bond motifs is 8. The van der Waals surface area contributed by atoms with Crippen molar-refractivity contribution in [2.45, 2.75) is 19.3 Å². The van der Waals surface area contributed by atoms with E-state index in [1.54, 1.807) is 12.1 Å². The van der Waals surface area contributed by atoms with Gasteiger partial charge in [-0.25, -0.2) is 4.98 Å². The molecule has 5 heteroatoms. The zero-order valence-electron chi connectivity index (χ0n) is 16.7. The Morgan fingerprint density at radius 1 is 0.567 bits per heavy atom. The van der Waals surface area contributed by atoms with Gasteiger partial charge in [0.15, 0.2) is 0 Å². The van der Waals surface area contributed by atoms with Crippen LogP contribution in [0.1, 0.15) is 25.1 Å². The van der Waals surface area contributed by atoms with Crippen LogP contribution in [-0.2, 0) is 5.41 Å². The third-order valence-electron chi connectivity index (χ3n) is 5.09. The zero-order valence-corrected chi connectivity index (χ0v) is 16.7. The molecule has 3 heterocycles. The highest BCUT2D eigenvalue weighted by atomic mass is 16.5. The quantitative estimate of drug-likeness (QED) is 0.340. The molecule has 5 rings (SSSR count). The number of benzene rings is 2. The van der Waals surface area contributed by atoms with Crippen LogP contribution >= 0.6 is 0 Å². The van der Waals surface area contributed by atoms with Gasteiger partial charge in [-0.1, -0.05) is 44.2 Å². The third-order valence-corrected chi connectivity index (χ3v) is 5.09. The molecule has 1 aliphatic heterocycles. The van der Waals surface area contributed by atoms with E-state index in [0.29, 0.717) is 34.9 Å². The molecule has 30 heavy (non-hydrogen) atoms. The highest BCUT2D eigenvalue weighted by Crippen LogP contribution is 2.35. The first kappa shape index (κ1) is 18.2. The molecule has 0 unspecified atom stereocenters. The van der Waals surface area contributed by atoms with Crippen molar-refractivity contribution in [1.82, 2.24) is 9.97 Å². The lowest BCUT2D eigenvalue weighted by Crippen LogP contribution is -2.20. The van der Waals surface area contributed by atoms with E-state index in [0.717, 1.165) is 11.3 Å². The Bertz CT molecular complexity index is 1130. The zero-order chi connectivity index (χ0) is 20.6. The van der Waals surface area contributed by atoms with Crippen LogP contribution < -0.4 is 14.2 Å². The second-order valence-corrected chi connectivity index (χ2v) is 7.61. The summed E-state index contributed by atoms with van der Waals surface area (Å²) in [6.07, 6.45) is 0. The van der Waals surface area contributed by atoms with Crippen LogP contribution in [0.5, 0.6) is 34.9 Å². The van der Waals surface area contributed by atoms with Crippen molar-refractivity contribution in [3.05, 3.63) is 96.2 Å². The van der Waals surface area contributed by atoms with Crippen molar-refractivity contribution in [3.8, 4) is 34.9 Å². The molecule has 0 aliphatic carbocycles. The van der Waals surface area contributed by atoms with Crippen LogP contribution in [0.2, 0.25) is 0 Å². The van der Waals surface area contributed by atoms with Gasteiger partial charge in [0.05, 0.1) is 5.69 Å². The summed E-state index contributed by atoms with van der Waals surface area (Å²) in [5.41, 5.74) is 1.62. The number of ether oxygens (including phenoxy) is 3. The van der Waals surface area contributed by atoms with E-state index in [1.807, 2.05) is 66.7 Å². The summed E-state index contributed by atoms with van der Waals surface area (Å²) in [7, 11) is 0. The van der Waals surface area contributed by atoms with Gasteiger partial charge < -0.3 is 14.2 Å². The highest BCUT2D eigenvalue weighted by molar-refractivity contribution is 5.42. The predicted octanol–water partition coefficient (Wildman–Crippen LogP) is 6.49. The smallest absolute Gasteiger partial charge is 0.222 e. The molecule has 0 saturated heterocycles. The van der Waals surface area contributed by atoms with Gasteiger partial charge in [-0.05, 0) is 35.9 Å². The molecule has 0 radical (unpaired) electrons. The molecule has 0 amide bonds. The second-order valence-electron chi connectivity index (χ2n) is 7.61. The Hall–Kier alpha value is -3.86. The molecule has 0 spiro atoms. The molecule has 0 atom stereocenters. The average molecular weight is 396 g/mol. The fourth-order valence-electron chi connectivity index (χ4n) is 3.39. The van der Waals surface area contributed by atoms with Crippen molar-refractivity contribution < 1.29 is 14.2 Å². The van der Waals surface area contributed by atoms with E-state index >= 15 is 0 Å². The van der Waals surface area contributed by atoms with Crippen molar-refractivity contribution in [2.75, 3.05) is 0 Å². The normalized spacial score (nSPS) is 14.1. The first-order valence-electron chi connectivity index (χ1n) is 9.75. The van der Waals surface area contributed by atoms with Gasteiger partial charge in [0.1, 0.15) is 17.2 Å². The maximum absolute atomic E-state index is 6.03. The standard InChI is InChI=1S/C25H20N2O3/c1-25(2)17-7-3-8-18(15-17)28-23-13-6-14-24(27-23)30-20-10-4-9-19(16-20)29-22-12-5-11-21(25)26-22/h3-16H,1-2H3. The van der Waals surface area contributed by atoms with Gasteiger partial charge in [-0.3, -0.25) is 0 Å². The first-order valence-corrected chi connectivity index (χ1v) is 9.75. The fraction of sp³-hybridized carbons (Fsp3) is 0.120. The number of nitrogens with zero attached hydrogens (tertiary/aromatic N) is 2. The van der Waals surface area contributed by atoms with Gasteiger partial charge in [0.2, 0.25) is 17.6 Å². The number of hydrogen-bond donors (Lipinski definition) is 0. The monoisotopic (exact) mass is 396 g/mol. The lowest BCUT2D eigenvalue weighted by atomic mass is 9.81. The van der Waals surface area contributed by atoms with E-state index < -0.39 is 0 Å².